The minimum atomic E-state index is -0.154. The zero-order valence-electron chi connectivity index (χ0n) is 12.2. The Balaban J connectivity index is 1.66. The Bertz CT molecular complexity index is 674. The van der Waals surface area contributed by atoms with Crippen molar-refractivity contribution in [3.05, 3.63) is 41.9 Å². The van der Waals surface area contributed by atoms with E-state index in [1.807, 2.05) is 35.7 Å². The molecule has 21 heavy (non-hydrogen) atoms. The molecule has 0 saturated heterocycles. The minimum Gasteiger partial charge on any atom is -0.346 e. The molecule has 2 aromatic heterocycles. The lowest BCUT2D eigenvalue weighted by molar-refractivity contribution is -0.121. The minimum absolute atomic E-state index is 0.0586. The summed E-state index contributed by atoms with van der Waals surface area (Å²) in [5.74, 6) is 0.819. The number of aromatic nitrogens is 3. The lowest BCUT2D eigenvalue weighted by atomic mass is 9.97. The zero-order chi connectivity index (χ0) is 14.7. The highest BCUT2D eigenvalue weighted by Crippen LogP contribution is 2.20. The second kappa shape index (κ2) is 6.08. The summed E-state index contributed by atoms with van der Waals surface area (Å²) >= 11 is 0. The van der Waals surface area contributed by atoms with Gasteiger partial charge < -0.3 is 5.32 Å². The number of pyridine rings is 1. The molecule has 1 unspecified atom stereocenters. The highest BCUT2D eigenvalue weighted by atomic mass is 16.1. The SMILES string of the molecule is CC(NC(=O)CC1=CCCCC1)c1nnc2ccccn12. The molecule has 0 fully saturated rings. The average molecular weight is 284 g/mol. The van der Waals surface area contributed by atoms with Crippen molar-refractivity contribution in [2.75, 3.05) is 0 Å². The van der Waals surface area contributed by atoms with E-state index in [-0.39, 0.29) is 11.9 Å². The molecule has 0 bridgehead atoms. The molecule has 5 heteroatoms. The first-order valence-electron chi connectivity index (χ1n) is 7.51. The summed E-state index contributed by atoms with van der Waals surface area (Å²) in [5.41, 5.74) is 2.06. The zero-order valence-corrected chi connectivity index (χ0v) is 12.2. The van der Waals surface area contributed by atoms with Crippen molar-refractivity contribution in [3.8, 4) is 0 Å². The van der Waals surface area contributed by atoms with Gasteiger partial charge in [-0.1, -0.05) is 17.7 Å². The maximum Gasteiger partial charge on any atom is 0.224 e. The van der Waals surface area contributed by atoms with Crippen LogP contribution in [0, 0.1) is 0 Å². The van der Waals surface area contributed by atoms with E-state index in [9.17, 15) is 4.79 Å². The van der Waals surface area contributed by atoms with Crippen molar-refractivity contribution in [2.45, 2.75) is 45.1 Å². The Morgan fingerprint density at radius 2 is 2.29 bits per heavy atom. The van der Waals surface area contributed by atoms with E-state index in [4.69, 9.17) is 0 Å². The highest BCUT2D eigenvalue weighted by Gasteiger charge is 2.16. The van der Waals surface area contributed by atoms with Gasteiger partial charge in [0, 0.05) is 12.6 Å². The number of rotatable bonds is 4. The summed E-state index contributed by atoms with van der Waals surface area (Å²) in [7, 11) is 0. The van der Waals surface area contributed by atoms with Crippen molar-refractivity contribution < 1.29 is 4.79 Å². The molecule has 110 valence electrons. The van der Waals surface area contributed by atoms with Crippen molar-refractivity contribution >= 4 is 11.6 Å². The van der Waals surface area contributed by atoms with Gasteiger partial charge in [-0.3, -0.25) is 9.20 Å². The van der Waals surface area contributed by atoms with Gasteiger partial charge in [0.25, 0.3) is 0 Å². The first-order valence-corrected chi connectivity index (χ1v) is 7.51. The van der Waals surface area contributed by atoms with E-state index >= 15 is 0 Å². The monoisotopic (exact) mass is 284 g/mol. The molecular formula is C16H20N4O. The highest BCUT2D eigenvalue weighted by molar-refractivity contribution is 5.78. The Morgan fingerprint density at radius 1 is 1.38 bits per heavy atom. The first-order chi connectivity index (χ1) is 10.2. The quantitative estimate of drug-likeness (QED) is 0.878. The van der Waals surface area contributed by atoms with E-state index in [1.54, 1.807) is 0 Å². The molecule has 0 radical (unpaired) electrons. The maximum atomic E-state index is 12.1. The van der Waals surface area contributed by atoms with Gasteiger partial charge in [-0.2, -0.15) is 0 Å². The summed E-state index contributed by atoms with van der Waals surface area (Å²) < 4.78 is 1.91. The maximum absolute atomic E-state index is 12.1. The summed E-state index contributed by atoms with van der Waals surface area (Å²) in [5, 5.41) is 11.3. The van der Waals surface area contributed by atoms with Crippen molar-refractivity contribution in [1.82, 2.24) is 19.9 Å². The normalized spacial score (nSPS) is 16.5. The number of hydrogen-bond donors (Lipinski definition) is 1. The Morgan fingerprint density at radius 3 is 3.10 bits per heavy atom. The van der Waals surface area contributed by atoms with E-state index in [2.05, 4.69) is 21.6 Å². The van der Waals surface area contributed by atoms with Crippen LogP contribution in [-0.4, -0.2) is 20.5 Å². The van der Waals surface area contributed by atoms with E-state index in [0.29, 0.717) is 6.42 Å². The Labute approximate surface area is 124 Å². The summed E-state index contributed by atoms with van der Waals surface area (Å²) in [6, 6.07) is 5.60. The van der Waals surface area contributed by atoms with Gasteiger partial charge in [-0.05, 0) is 44.7 Å². The van der Waals surface area contributed by atoms with Gasteiger partial charge in [-0.25, -0.2) is 0 Å². The second-order valence-electron chi connectivity index (χ2n) is 5.56. The van der Waals surface area contributed by atoms with Crippen LogP contribution in [0.5, 0.6) is 0 Å². The van der Waals surface area contributed by atoms with Crippen LogP contribution in [0.3, 0.4) is 0 Å². The number of amides is 1. The molecule has 1 amide bonds. The van der Waals surface area contributed by atoms with Crippen LogP contribution in [0.4, 0.5) is 0 Å². The van der Waals surface area contributed by atoms with Gasteiger partial charge in [-0.15, -0.1) is 10.2 Å². The topological polar surface area (TPSA) is 59.3 Å². The van der Waals surface area contributed by atoms with Gasteiger partial charge in [0.2, 0.25) is 5.91 Å². The number of allylic oxidation sites excluding steroid dienone is 1. The van der Waals surface area contributed by atoms with Crippen molar-refractivity contribution in [1.29, 1.82) is 0 Å². The van der Waals surface area contributed by atoms with Gasteiger partial charge in [0.1, 0.15) is 0 Å². The molecule has 2 heterocycles. The largest absolute Gasteiger partial charge is 0.346 e. The van der Waals surface area contributed by atoms with E-state index in [0.717, 1.165) is 24.3 Å². The lowest BCUT2D eigenvalue weighted by Crippen LogP contribution is -2.28. The molecular weight excluding hydrogens is 264 g/mol. The number of hydrogen-bond acceptors (Lipinski definition) is 3. The molecule has 0 spiro atoms. The summed E-state index contributed by atoms with van der Waals surface area (Å²) in [6.07, 6.45) is 9.22. The average Bonchev–Trinajstić information content (AvgIpc) is 2.92. The number of nitrogens with zero attached hydrogens (tertiary/aromatic N) is 3. The fourth-order valence-electron chi connectivity index (χ4n) is 2.78. The van der Waals surface area contributed by atoms with Gasteiger partial charge >= 0.3 is 0 Å². The van der Waals surface area contributed by atoms with Crippen molar-refractivity contribution in [2.24, 2.45) is 0 Å². The molecule has 0 saturated carbocycles. The Hall–Kier alpha value is -2.17. The molecule has 1 aliphatic rings. The van der Waals surface area contributed by atoms with E-state index in [1.165, 1.54) is 18.4 Å². The standard InChI is InChI=1S/C16H20N4O/c1-12(16-19-18-14-9-5-6-10-20(14)16)17-15(21)11-13-7-3-2-4-8-13/h5-7,9-10,12H,2-4,8,11H2,1H3,(H,17,21). The molecule has 0 aliphatic heterocycles. The van der Waals surface area contributed by atoms with Gasteiger partial charge in [0.05, 0.1) is 6.04 Å². The summed E-state index contributed by atoms with van der Waals surface area (Å²) in [6.45, 7) is 1.94. The molecule has 1 aliphatic carbocycles. The van der Waals surface area contributed by atoms with Crippen LogP contribution < -0.4 is 5.32 Å². The van der Waals surface area contributed by atoms with E-state index < -0.39 is 0 Å². The van der Waals surface area contributed by atoms with Crippen molar-refractivity contribution in [3.63, 3.8) is 0 Å². The number of carbonyl (C=O) groups excluding carboxylic acids is 1. The predicted octanol–water partition coefficient (Wildman–Crippen LogP) is 2.80. The number of carbonyl (C=O) groups is 1. The molecule has 1 atom stereocenters. The van der Waals surface area contributed by atoms with Gasteiger partial charge in [0.15, 0.2) is 11.5 Å². The predicted molar refractivity (Wildman–Crippen MR) is 80.7 cm³/mol. The first kappa shape index (κ1) is 13.8. The third kappa shape index (κ3) is 3.12. The summed E-state index contributed by atoms with van der Waals surface area (Å²) in [4.78, 5) is 12.1. The van der Waals surface area contributed by atoms with Crippen LogP contribution in [0.1, 0.15) is 50.9 Å². The van der Waals surface area contributed by atoms with Crippen LogP contribution in [0.25, 0.3) is 5.65 Å². The molecule has 2 aromatic rings. The van der Waals surface area contributed by atoms with Crippen LogP contribution >= 0.6 is 0 Å². The molecule has 5 nitrogen and oxygen atoms in total. The second-order valence-corrected chi connectivity index (χ2v) is 5.56. The molecule has 3 rings (SSSR count). The third-order valence-corrected chi connectivity index (χ3v) is 3.88. The van der Waals surface area contributed by atoms with Crippen LogP contribution in [-0.2, 0) is 4.79 Å². The lowest BCUT2D eigenvalue weighted by Gasteiger charge is -2.15. The molecule has 0 aromatic carbocycles. The Kier molecular flexibility index (Phi) is 3.99. The fraction of sp³-hybridized carbons (Fsp3) is 0.438. The number of fused-ring (bicyclic) bond motifs is 1. The fourth-order valence-corrected chi connectivity index (χ4v) is 2.78. The smallest absolute Gasteiger partial charge is 0.224 e. The van der Waals surface area contributed by atoms with Crippen LogP contribution in [0.15, 0.2) is 36.0 Å². The van der Waals surface area contributed by atoms with Crippen LogP contribution in [0.2, 0.25) is 0 Å². The number of nitrogens with one attached hydrogen (secondary N) is 1. The third-order valence-electron chi connectivity index (χ3n) is 3.88. The molecule has 1 N–H and O–H groups in total.